The van der Waals surface area contributed by atoms with Gasteiger partial charge < -0.3 is 5.32 Å². The first-order valence-corrected chi connectivity index (χ1v) is 9.53. The Kier molecular flexibility index (Phi) is 6.11. The zero-order chi connectivity index (χ0) is 17.6. The number of hydrogen-bond acceptors (Lipinski definition) is 3. The van der Waals surface area contributed by atoms with Crippen molar-refractivity contribution in [1.82, 2.24) is 5.32 Å². The Hall–Kier alpha value is -2.18. The molecule has 0 fully saturated rings. The van der Waals surface area contributed by atoms with E-state index in [1.165, 1.54) is 5.56 Å². The van der Waals surface area contributed by atoms with Crippen LogP contribution in [0.2, 0.25) is 0 Å². The number of sulfonamides is 1. The van der Waals surface area contributed by atoms with Gasteiger partial charge in [-0.2, -0.15) is 0 Å². The SMILES string of the molecule is CCC(CNC(=O)c1ccc(CS(N)(=O)=O)cc1)c1ccccc1. The number of hydrogen-bond donors (Lipinski definition) is 2. The molecule has 1 amide bonds. The van der Waals surface area contributed by atoms with Crippen molar-refractivity contribution in [3.63, 3.8) is 0 Å². The minimum atomic E-state index is -3.57. The van der Waals surface area contributed by atoms with Crippen LogP contribution in [0.3, 0.4) is 0 Å². The Morgan fingerprint density at radius 3 is 2.25 bits per heavy atom. The monoisotopic (exact) mass is 346 g/mol. The lowest BCUT2D eigenvalue weighted by Gasteiger charge is -2.16. The fourth-order valence-electron chi connectivity index (χ4n) is 2.53. The molecular weight excluding hydrogens is 324 g/mol. The van der Waals surface area contributed by atoms with Gasteiger partial charge in [-0.1, -0.05) is 49.4 Å². The van der Waals surface area contributed by atoms with Crippen molar-refractivity contribution < 1.29 is 13.2 Å². The number of rotatable bonds is 7. The smallest absolute Gasteiger partial charge is 0.251 e. The van der Waals surface area contributed by atoms with E-state index in [1.807, 2.05) is 18.2 Å². The van der Waals surface area contributed by atoms with Gasteiger partial charge in [-0.3, -0.25) is 4.79 Å². The molecule has 2 rings (SSSR count). The van der Waals surface area contributed by atoms with Gasteiger partial charge in [0.15, 0.2) is 0 Å². The van der Waals surface area contributed by atoms with Gasteiger partial charge in [0.2, 0.25) is 10.0 Å². The minimum Gasteiger partial charge on any atom is -0.351 e. The third-order valence-electron chi connectivity index (χ3n) is 3.86. The second-order valence-corrected chi connectivity index (χ2v) is 7.34. The van der Waals surface area contributed by atoms with E-state index in [0.29, 0.717) is 17.7 Å². The molecule has 2 aromatic rings. The van der Waals surface area contributed by atoms with Crippen LogP contribution in [0.1, 0.15) is 40.7 Å². The van der Waals surface area contributed by atoms with E-state index >= 15 is 0 Å². The third-order valence-corrected chi connectivity index (χ3v) is 4.59. The zero-order valence-electron chi connectivity index (χ0n) is 13.6. The van der Waals surface area contributed by atoms with Crippen LogP contribution in [0, 0.1) is 0 Å². The summed E-state index contributed by atoms with van der Waals surface area (Å²) in [4.78, 5) is 12.2. The van der Waals surface area contributed by atoms with Crippen molar-refractivity contribution in [2.75, 3.05) is 6.54 Å². The molecule has 1 atom stereocenters. The van der Waals surface area contributed by atoms with Gasteiger partial charge in [-0.25, -0.2) is 13.6 Å². The molecule has 24 heavy (non-hydrogen) atoms. The maximum atomic E-state index is 12.2. The second-order valence-electron chi connectivity index (χ2n) is 5.73. The van der Waals surface area contributed by atoms with Gasteiger partial charge >= 0.3 is 0 Å². The summed E-state index contributed by atoms with van der Waals surface area (Å²) < 4.78 is 22.1. The molecule has 0 spiro atoms. The van der Waals surface area contributed by atoms with E-state index in [1.54, 1.807) is 24.3 Å². The Bertz CT molecular complexity index is 772. The molecule has 0 aromatic heterocycles. The lowest BCUT2D eigenvalue weighted by molar-refractivity contribution is 0.0951. The molecule has 0 aliphatic carbocycles. The highest BCUT2D eigenvalue weighted by Crippen LogP contribution is 2.18. The van der Waals surface area contributed by atoms with Gasteiger partial charge in [0.25, 0.3) is 5.91 Å². The van der Waals surface area contributed by atoms with E-state index in [0.717, 1.165) is 6.42 Å². The number of carbonyl (C=O) groups excluding carboxylic acids is 1. The molecule has 2 aromatic carbocycles. The molecule has 1 unspecified atom stereocenters. The fraction of sp³-hybridized carbons (Fsp3) is 0.278. The van der Waals surface area contributed by atoms with E-state index in [-0.39, 0.29) is 17.6 Å². The highest BCUT2D eigenvalue weighted by atomic mass is 32.2. The summed E-state index contributed by atoms with van der Waals surface area (Å²) in [5.74, 6) is -0.149. The van der Waals surface area contributed by atoms with Crippen LogP contribution in [0.25, 0.3) is 0 Å². The predicted molar refractivity (Wildman–Crippen MR) is 95.1 cm³/mol. The second kappa shape index (κ2) is 8.08. The first-order valence-electron chi connectivity index (χ1n) is 7.81. The van der Waals surface area contributed by atoms with Gasteiger partial charge in [-0.05, 0) is 29.7 Å². The van der Waals surface area contributed by atoms with E-state index in [9.17, 15) is 13.2 Å². The predicted octanol–water partition coefficient (Wildman–Crippen LogP) is 2.40. The van der Waals surface area contributed by atoms with E-state index < -0.39 is 10.0 Å². The maximum absolute atomic E-state index is 12.2. The highest BCUT2D eigenvalue weighted by Gasteiger charge is 2.12. The summed E-state index contributed by atoms with van der Waals surface area (Å²) >= 11 is 0. The molecule has 6 heteroatoms. The van der Waals surface area contributed by atoms with Gasteiger partial charge in [-0.15, -0.1) is 0 Å². The zero-order valence-corrected chi connectivity index (χ0v) is 14.4. The fourth-order valence-corrected chi connectivity index (χ4v) is 3.18. The Morgan fingerprint density at radius 2 is 1.71 bits per heavy atom. The number of carbonyl (C=O) groups is 1. The Morgan fingerprint density at radius 1 is 1.08 bits per heavy atom. The molecule has 3 N–H and O–H groups in total. The maximum Gasteiger partial charge on any atom is 0.251 e. The van der Waals surface area contributed by atoms with Crippen LogP contribution in [0.15, 0.2) is 54.6 Å². The molecule has 0 aliphatic heterocycles. The molecule has 5 nitrogen and oxygen atoms in total. The average Bonchev–Trinajstić information content (AvgIpc) is 2.55. The Labute approximate surface area is 142 Å². The van der Waals surface area contributed by atoms with Crippen LogP contribution in [-0.4, -0.2) is 20.9 Å². The standard InChI is InChI=1S/C18H22N2O3S/c1-2-15(16-6-4-3-5-7-16)12-20-18(21)17-10-8-14(9-11-17)13-24(19,22)23/h3-11,15H,2,12-13H2,1H3,(H,20,21)(H2,19,22,23). The van der Waals surface area contributed by atoms with Crippen molar-refractivity contribution in [3.8, 4) is 0 Å². The number of benzene rings is 2. The molecule has 0 saturated heterocycles. The summed E-state index contributed by atoms with van der Waals surface area (Å²) in [6.07, 6.45) is 0.928. The summed E-state index contributed by atoms with van der Waals surface area (Å²) in [7, 11) is -3.57. The van der Waals surface area contributed by atoms with Crippen molar-refractivity contribution in [2.45, 2.75) is 25.0 Å². The number of nitrogens with two attached hydrogens (primary N) is 1. The summed E-state index contributed by atoms with van der Waals surface area (Å²) in [5.41, 5.74) is 2.25. The van der Waals surface area contributed by atoms with Gasteiger partial charge in [0.1, 0.15) is 0 Å². The summed E-state index contributed by atoms with van der Waals surface area (Å²) in [6, 6.07) is 16.5. The van der Waals surface area contributed by atoms with Crippen molar-refractivity contribution in [3.05, 3.63) is 71.3 Å². The van der Waals surface area contributed by atoms with Crippen LogP contribution in [0.5, 0.6) is 0 Å². The first-order chi connectivity index (χ1) is 11.4. The molecule has 0 heterocycles. The first kappa shape index (κ1) is 18.2. The Balaban J connectivity index is 1.97. The molecule has 0 saturated carbocycles. The normalized spacial score (nSPS) is 12.6. The quantitative estimate of drug-likeness (QED) is 0.807. The van der Waals surface area contributed by atoms with Crippen molar-refractivity contribution in [2.24, 2.45) is 5.14 Å². The summed E-state index contributed by atoms with van der Waals surface area (Å²) in [5, 5.41) is 7.94. The molecule has 0 bridgehead atoms. The minimum absolute atomic E-state index is 0.175. The van der Waals surface area contributed by atoms with E-state index in [4.69, 9.17) is 5.14 Å². The number of primary sulfonamides is 1. The van der Waals surface area contributed by atoms with Crippen molar-refractivity contribution >= 4 is 15.9 Å². The van der Waals surface area contributed by atoms with E-state index in [2.05, 4.69) is 24.4 Å². The van der Waals surface area contributed by atoms with Crippen LogP contribution < -0.4 is 10.5 Å². The van der Waals surface area contributed by atoms with Crippen LogP contribution >= 0.6 is 0 Å². The third kappa shape index (κ3) is 5.47. The number of amides is 1. The van der Waals surface area contributed by atoms with Crippen molar-refractivity contribution in [1.29, 1.82) is 0 Å². The topological polar surface area (TPSA) is 89.3 Å². The molecule has 0 radical (unpaired) electrons. The summed E-state index contributed by atoms with van der Waals surface area (Å²) in [6.45, 7) is 2.64. The molecule has 0 aliphatic rings. The van der Waals surface area contributed by atoms with Crippen LogP contribution in [-0.2, 0) is 15.8 Å². The molecule has 128 valence electrons. The lowest BCUT2D eigenvalue weighted by atomic mass is 9.96. The van der Waals surface area contributed by atoms with Gasteiger partial charge in [0, 0.05) is 18.0 Å². The number of nitrogens with one attached hydrogen (secondary N) is 1. The average molecular weight is 346 g/mol. The molecular formula is C18H22N2O3S. The van der Waals surface area contributed by atoms with Gasteiger partial charge in [0.05, 0.1) is 5.75 Å². The largest absolute Gasteiger partial charge is 0.351 e. The van der Waals surface area contributed by atoms with Crippen LogP contribution in [0.4, 0.5) is 0 Å². The lowest BCUT2D eigenvalue weighted by Crippen LogP contribution is -2.28. The highest BCUT2D eigenvalue weighted by molar-refractivity contribution is 7.88.